The molecule has 1 fully saturated rings. The van der Waals surface area contributed by atoms with Crippen molar-refractivity contribution in [2.24, 2.45) is 5.92 Å². The molecule has 2 unspecified atom stereocenters. The van der Waals surface area contributed by atoms with Crippen LogP contribution in [0, 0.1) is 5.92 Å². The number of carbonyl (C=O) groups is 1. The first-order valence-corrected chi connectivity index (χ1v) is 7.09. The van der Waals surface area contributed by atoms with Gasteiger partial charge in [0.1, 0.15) is 5.75 Å². The van der Waals surface area contributed by atoms with Gasteiger partial charge in [-0.05, 0) is 31.9 Å². The van der Waals surface area contributed by atoms with Gasteiger partial charge in [-0.3, -0.25) is 4.79 Å². The Morgan fingerprint density at radius 1 is 1.45 bits per heavy atom. The molecule has 2 rings (SSSR count). The molecule has 0 aromatic heterocycles. The molecule has 20 heavy (non-hydrogen) atoms. The normalized spacial score (nSPS) is 21.7. The monoisotopic (exact) mass is 278 g/mol. The van der Waals surface area contributed by atoms with E-state index in [0.717, 1.165) is 19.3 Å². The second kappa shape index (κ2) is 6.61. The van der Waals surface area contributed by atoms with E-state index >= 15 is 0 Å². The predicted molar refractivity (Wildman–Crippen MR) is 77.7 cm³/mol. The maximum atomic E-state index is 12.3. The molecule has 1 aliphatic rings. The van der Waals surface area contributed by atoms with Crippen LogP contribution in [0.25, 0.3) is 0 Å². The zero-order valence-corrected chi connectivity index (χ0v) is 11.8. The summed E-state index contributed by atoms with van der Waals surface area (Å²) in [5.41, 5.74) is 6.79. The molecule has 0 saturated heterocycles. The summed E-state index contributed by atoms with van der Waals surface area (Å²) in [5.74, 6) is 0.595. The van der Waals surface area contributed by atoms with Crippen LogP contribution >= 0.6 is 0 Å². The van der Waals surface area contributed by atoms with Crippen LogP contribution in [0.1, 0.15) is 36.5 Å². The number of ether oxygens (including phenoxy) is 1. The molecule has 1 aromatic rings. The zero-order valence-electron chi connectivity index (χ0n) is 11.8. The van der Waals surface area contributed by atoms with E-state index in [1.165, 1.54) is 0 Å². The minimum Gasteiger partial charge on any atom is -0.494 e. The largest absolute Gasteiger partial charge is 0.494 e. The number of anilines is 1. The minimum atomic E-state index is -0.163. The third-order valence-corrected chi connectivity index (χ3v) is 3.71. The summed E-state index contributed by atoms with van der Waals surface area (Å²) in [6, 6.07) is 5.08. The van der Waals surface area contributed by atoms with Gasteiger partial charge in [-0.1, -0.05) is 6.42 Å². The van der Waals surface area contributed by atoms with Gasteiger partial charge in [-0.25, -0.2) is 0 Å². The van der Waals surface area contributed by atoms with Crippen LogP contribution in [-0.4, -0.2) is 30.3 Å². The lowest BCUT2D eigenvalue weighted by Gasteiger charge is -2.19. The molecule has 5 nitrogen and oxygen atoms in total. The third-order valence-electron chi connectivity index (χ3n) is 3.71. The number of carbonyl (C=O) groups excluding carboxylic acids is 1. The average Bonchev–Trinajstić information content (AvgIpc) is 2.85. The molecule has 0 heterocycles. The molecule has 1 aromatic carbocycles. The molecule has 5 heteroatoms. The quantitative estimate of drug-likeness (QED) is 0.714. The number of aliphatic hydroxyl groups excluding tert-OH is 1. The van der Waals surface area contributed by atoms with E-state index in [-0.39, 0.29) is 24.5 Å². The Bertz CT molecular complexity index is 476. The summed E-state index contributed by atoms with van der Waals surface area (Å²) in [7, 11) is 0. The van der Waals surface area contributed by atoms with Gasteiger partial charge >= 0.3 is 0 Å². The first-order valence-electron chi connectivity index (χ1n) is 7.09. The zero-order chi connectivity index (χ0) is 14.5. The maximum absolute atomic E-state index is 12.3. The van der Waals surface area contributed by atoms with Crippen molar-refractivity contribution in [1.82, 2.24) is 5.32 Å². The molecule has 4 N–H and O–H groups in total. The van der Waals surface area contributed by atoms with E-state index in [9.17, 15) is 9.90 Å². The molecule has 0 spiro atoms. The minimum absolute atomic E-state index is 0.0458. The van der Waals surface area contributed by atoms with Crippen LogP contribution in [0.4, 0.5) is 5.69 Å². The van der Waals surface area contributed by atoms with E-state index in [4.69, 9.17) is 10.5 Å². The number of hydrogen-bond donors (Lipinski definition) is 3. The van der Waals surface area contributed by atoms with E-state index in [1.807, 2.05) is 6.92 Å². The fourth-order valence-corrected chi connectivity index (χ4v) is 2.70. The van der Waals surface area contributed by atoms with E-state index in [1.54, 1.807) is 18.2 Å². The number of aliphatic hydroxyl groups is 1. The molecule has 0 aliphatic heterocycles. The summed E-state index contributed by atoms with van der Waals surface area (Å²) in [4.78, 5) is 12.3. The molecular formula is C15H22N2O3. The van der Waals surface area contributed by atoms with Gasteiger partial charge < -0.3 is 20.9 Å². The topological polar surface area (TPSA) is 84.6 Å². The van der Waals surface area contributed by atoms with Crippen molar-refractivity contribution in [3.05, 3.63) is 23.8 Å². The summed E-state index contributed by atoms with van der Waals surface area (Å²) in [6.45, 7) is 2.53. The molecular weight excluding hydrogens is 256 g/mol. The SMILES string of the molecule is CCOc1cc(N)cc(C(=O)NC2CCCC2CO)c1. The number of benzene rings is 1. The van der Waals surface area contributed by atoms with Crippen molar-refractivity contribution in [2.75, 3.05) is 18.9 Å². The molecule has 1 aliphatic carbocycles. The van der Waals surface area contributed by atoms with E-state index in [0.29, 0.717) is 23.6 Å². The van der Waals surface area contributed by atoms with Crippen molar-refractivity contribution in [3.8, 4) is 5.75 Å². The molecule has 1 saturated carbocycles. The summed E-state index contributed by atoms with van der Waals surface area (Å²) in [6.07, 6.45) is 2.91. The molecule has 1 amide bonds. The highest BCUT2D eigenvalue weighted by molar-refractivity contribution is 5.95. The predicted octanol–water partition coefficient (Wildman–Crippen LogP) is 1.56. The molecule has 0 radical (unpaired) electrons. The Morgan fingerprint density at radius 3 is 2.95 bits per heavy atom. The first kappa shape index (κ1) is 14.7. The summed E-state index contributed by atoms with van der Waals surface area (Å²) in [5, 5.41) is 12.3. The van der Waals surface area contributed by atoms with Gasteiger partial charge in [0.25, 0.3) is 5.91 Å². The molecule has 2 atom stereocenters. The van der Waals surface area contributed by atoms with Crippen LogP contribution in [0.15, 0.2) is 18.2 Å². The van der Waals surface area contributed by atoms with E-state index < -0.39 is 0 Å². The highest BCUT2D eigenvalue weighted by atomic mass is 16.5. The van der Waals surface area contributed by atoms with Gasteiger partial charge in [0, 0.05) is 35.9 Å². The average molecular weight is 278 g/mol. The lowest BCUT2D eigenvalue weighted by atomic mass is 10.0. The van der Waals surface area contributed by atoms with Crippen molar-refractivity contribution >= 4 is 11.6 Å². The van der Waals surface area contributed by atoms with Gasteiger partial charge in [-0.2, -0.15) is 0 Å². The lowest BCUT2D eigenvalue weighted by molar-refractivity contribution is 0.0915. The van der Waals surface area contributed by atoms with Crippen molar-refractivity contribution in [3.63, 3.8) is 0 Å². The van der Waals surface area contributed by atoms with Crippen molar-refractivity contribution < 1.29 is 14.6 Å². The van der Waals surface area contributed by atoms with E-state index in [2.05, 4.69) is 5.32 Å². The number of rotatable bonds is 5. The van der Waals surface area contributed by atoms with Gasteiger partial charge in [0.2, 0.25) is 0 Å². The fraction of sp³-hybridized carbons (Fsp3) is 0.533. The molecule has 110 valence electrons. The maximum Gasteiger partial charge on any atom is 0.251 e. The summed E-state index contributed by atoms with van der Waals surface area (Å²) < 4.78 is 5.39. The van der Waals surface area contributed by atoms with Crippen LogP contribution in [0.2, 0.25) is 0 Å². The highest BCUT2D eigenvalue weighted by Crippen LogP contribution is 2.26. The van der Waals surface area contributed by atoms with Crippen LogP contribution in [0.3, 0.4) is 0 Å². The Morgan fingerprint density at radius 2 is 2.25 bits per heavy atom. The number of amides is 1. The molecule has 0 bridgehead atoms. The van der Waals surface area contributed by atoms with Crippen molar-refractivity contribution in [2.45, 2.75) is 32.2 Å². The third kappa shape index (κ3) is 3.42. The fourth-order valence-electron chi connectivity index (χ4n) is 2.70. The number of nitrogen functional groups attached to an aromatic ring is 1. The van der Waals surface area contributed by atoms with Crippen molar-refractivity contribution in [1.29, 1.82) is 0 Å². The second-order valence-electron chi connectivity index (χ2n) is 5.18. The first-order chi connectivity index (χ1) is 9.63. The second-order valence-corrected chi connectivity index (χ2v) is 5.18. The van der Waals surface area contributed by atoms with Crippen LogP contribution in [0.5, 0.6) is 5.75 Å². The number of hydrogen-bond acceptors (Lipinski definition) is 4. The van der Waals surface area contributed by atoms with Crippen LogP contribution < -0.4 is 15.8 Å². The Balaban J connectivity index is 2.08. The smallest absolute Gasteiger partial charge is 0.251 e. The Labute approximate surface area is 119 Å². The van der Waals surface area contributed by atoms with Gasteiger partial charge in [0.15, 0.2) is 0 Å². The number of nitrogens with two attached hydrogens (primary N) is 1. The Hall–Kier alpha value is -1.75. The Kier molecular flexibility index (Phi) is 4.84. The number of nitrogens with one attached hydrogen (secondary N) is 1. The van der Waals surface area contributed by atoms with Crippen LogP contribution in [-0.2, 0) is 0 Å². The van der Waals surface area contributed by atoms with Gasteiger partial charge in [0.05, 0.1) is 6.61 Å². The highest BCUT2D eigenvalue weighted by Gasteiger charge is 2.28. The lowest BCUT2D eigenvalue weighted by Crippen LogP contribution is -2.38. The summed E-state index contributed by atoms with van der Waals surface area (Å²) >= 11 is 0. The standard InChI is InChI=1S/C15H22N2O3/c1-2-20-13-7-11(6-12(16)8-13)15(19)17-14-5-3-4-10(14)9-18/h6-8,10,14,18H,2-5,9,16H2,1H3,(H,17,19). The van der Waals surface area contributed by atoms with Gasteiger partial charge in [-0.15, -0.1) is 0 Å².